The van der Waals surface area contributed by atoms with Crippen LogP contribution in [0.15, 0.2) is 12.1 Å². The summed E-state index contributed by atoms with van der Waals surface area (Å²) in [7, 11) is 1.55. The van der Waals surface area contributed by atoms with Gasteiger partial charge in [0.25, 0.3) is 0 Å². The Hall–Kier alpha value is -1.50. The maximum Gasteiger partial charge on any atom is 0.237 e. The first-order valence-electron chi connectivity index (χ1n) is 7.62. The van der Waals surface area contributed by atoms with Gasteiger partial charge in [0.05, 0.1) is 31.5 Å². The summed E-state index contributed by atoms with van der Waals surface area (Å²) in [5.74, 6) is 0.718. The number of carbonyl (C=O) groups is 1. The van der Waals surface area contributed by atoms with E-state index in [1.807, 2.05) is 30.9 Å². The molecule has 0 aromatic heterocycles. The SMILES string of the molecule is CCOc1cc(CN2CCO[C@H](C)[C@H]2C(N)=O)cc(Cl)c1OC. The Labute approximate surface area is 141 Å². The summed E-state index contributed by atoms with van der Waals surface area (Å²) in [6, 6.07) is 3.24. The first kappa shape index (κ1) is 17.8. The van der Waals surface area contributed by atoms with Gasteiger partial charge in [-0.15, -0.1) is 0 Å². The monoisotopic (exact) mass is 342 g/mol. The molecule has 2 atom stereocenters. The van der Waals surface area contributed by atoms with Gasteiger partial charge >= 0.3 is 0 Å². The summed E-state index contributed by atoms with van der Waals surface area (Å²) in [6.07, 6.45) is -0.235. The normalized spacial score (nSPS) is 21.9. The predicted molar refractivity (Wildman–Crippen MR) is 88.0 cm³/mol. The summed E-state index contributed by atoms with van der Waals surface area (Å²) in [4.78, 5) is 13.7. The number of primary amides is 1. The van der Waals surface area contributed by atoms with Crippen LogP contribution in [0.1, 0.15) is 19.4 Å². The molecule has 0 saturated carbocycles. The van der Waals surface area contributed by atoms with Crippen molar-refractivity contribution in [3.8, 4) is 11.5 Å². The Morgan fingerprint density at radius 1 is 1.52 bits per heavy atom. The number of methoxy groups -OCH3 is 1. The van der Waals surface area contributed by atoms with Crippen LogP contribution in [0.3, 0.4) is 0 Å². The van der Waals surface area contributed by atoms with Crippen molar-refractivity contribution in [1.29, 1.82) is 0 Å². The van der Waals surface area contributed by atoms with Crippen LogP contribution >= 0.6 is 11.6 Å². The van der Waals surface area contributed by atoms with E-state index in [4.69, 9.17) is 31.5 Å². The van der Waals surface area contributed by atoms with Gasteiger partial charge < -0.3 is 19.9 Å². The first-order valence-corrected chi connectivity index (χ1v) is 7.99. The van der Waals surface area contributed by atoms with Crippen molar-refractivity contribution in [3.63, 3.8) is 0 Å². The van der Waals surface area contributed by atoms with Crippen LogP contribution in [0, 0.1) is 0 Å². The third-order valence-corrected chi connectivity index (χ3v) is 4.13. The van der Waals surface area contributed by atoms with E-state index in [9.17, 15) is 4.79 Å². The molecule has 0 spiro atoms. The number of hydrogen-bond acceptors (Lipinski definition) is 5. The fourth-order valence-corrected chi connectivity index (χ4v) is 3.19. The van der Waals surface area contributed by atoms with E-state index in [-0.39, 0.29) is 12.0 Å². The fraction of sp³-hybridized carbons (Fsp3) is 0.562. The van der Waals surface area contributed by atoms with Gasteiger partial charge in [0, 0.05) is 13.1 Å². The summed E-state index contributed by atoms with van der Waals surface area (Å²) in [6.45, 7) is 5.99. The highest BCUT2D eigenvalue weighted by Crippen LogP contribution is 2.37. The van der Waals surface area contributed by atoms with Gasteiger partial charge in [0.15, 0.2) is 11.5 Å². The number of halogens is 1. The number of benzene rings is 1. The Balaban J connectivity index is 2.26. The van der Waals surface area contributed by atoms with Gasteiger partial charge in [0.2, 0.25) is 5.91 Å². The van der Waals surface area contributed by atoms with E-state index < -0.39 is 6.04 Å². The quantitative estimate of drug-likeness (QED) is 0.853. The van der Waals surface area contributed by atoms with Gasteiger partial charge in [0.1, 0.15) is 6.04 Å². The molecule has 1 aromatic carbocycles. The Kier molecular flexibility index (Phi) is 6.10. The minimum absolute atomic E-state index is 0.235. The predicted octanol–water partition coefficient (Wildman–Crippen LogP) is 1.82. The topological polar surface area (TPSA) is 74.0 Å². The molecule has 1 fully saturated rings. The van der Waals surface area contributed by atoms with E-state index >= 15 is 0 Å². The number of nitrogens with two attached hydrogens (primary N) is 1. The van der Waals surface area contributed by atoms with Crippen molar-refractivity contribution in [3.05, 3.63) is 22.7 Å². The van der Waals surface area contributed by atoms with Crippen molar-refractivity contribution in [2.45, 2.75) is 32.5 Å². The number of rotatable bonds is 6. The lowest BCUT2D eigenvalue weighted by molar-refractivity contribution is -0.136. The Morgan fingerprint density at radius 3 is 2.87 bits per heavy atom. The molecule has 7 heteroatoms. The molecule has 0 unspecified atom stereocenters. The number of nitrogens with zero attached hydrogens (tertiary/aromatic N) is 1. The van der Waals surface area contributed by atoms with Crippen LogP contribution in [-0.2, 0) is 16.1 Å². The molecule has 1 aromatic rings. The number of morpholine rings is 1. The fourth-order valence-electron chi connectivity index (χ4n) is 2.88. The number of ether oxygens (including phenoxy) is 3. The third kappa shape index (κ3) is 4.07. The van der Waals surface area contributed by atoms with Crippen molar-refractivity contribution in [1.82, 2.24) is 4.90 Å². The molecule has 0 radical (unpaired) electrons. The molecule has 0 bridgehead atoms. The average Bonchev–Trinajstić information content (AvgIpc) is 2.47. The molecular weight excluding hydrogens is 320 g/mol. The highest BCUT2D eigenvalue weighted by Gasteiger charge is 2.33. The second kappa shape index (κ2) is 7.86. The van der Waals surface area contributed by atoms with E-state index in [2.05, 4.69) is 0 Å². The van der Waals surface area contributed by atoms with Crippen LogP contribution < -0.4 is 15.2 Å². The molecule has 1 aliphatic heterocycles. The maximum absolute atomic E-state index is 11.7. The standard InChI is InChI=1S/C16H23ClN2O4/c1-4-22-13-8-11(7-12(17)15(13)21-3)9-19-5-6-23-10(2)14(19)16(18)20/h7-8,10,14H,4-6,9H2,1-3H3,(H2,18,20)/t10-,14+/m1/s1. The van der Waals surface area contributed by atoms with Crippen LogP contribution in [0.5, 0.6) is 11.5 Å². The minimum atomic E-state index is -0.458. The molecule has 23 heavy (non-hydrogen) atoms. The van der Waals surface area contributed by atoms with Crippen molar-refractivity contribution < 1.29 is 19.0 Å². The number of hydrogen-bond donors (Lipinski definition) is 1. The van der Waals surface area contributed by atoms with Crippen LogP contribution in [0.25, 0.3) is 0 Å². The lowest BCUT2D eigenvalue weighted by Crippen LogP contribution is -2.56. The second-order valence-electron chi connectivity index (χ2n) is 5.44. The molecular formula is C16H23ClN2O4. The largest absolute Gasteiger partial charge is 0.491 e. The van der Waals surface area contributed by atoms with E-state index in [0.29, 0.717) is 42.8 Å². The molecule has 128 valence electrons. The molecule has 2 N–H and O–H groups in total. The van der Waals surface area contributed by atoms with E-state index in [1.165, 1.54) is 0 Å². The van der Waals surface area contributed by atoms with Crippen LogP contribution in [-0.4, -0.2) is 49.8 Å². The molecule has 6 nitrogen and oxygen atoms in total. The highest BCUT2D eigenvalue weighted by atomic mass is 35.5. The Morgan fingerprint density at radius 2 is 2.26 bits per heavy atom. The summed E-state index contributed by atoms with van der Waals surface area (Å²) < 4.78 is 16.4. The molecule has 1 aliphatic rings. The van der Waals surface area contributed by atoms with Crippen LogP contribution in [0.2, 0.25) is 5.02 Å². The first-order chi connectivity index (χ1) is 11.0. The molecule has 1 amide bonds. The average molecular weight is 343 g/mol. The van der Waals surface area contributed by atoms with Crippen molar-refractivity contribution >= 4 is 17.5 Å². The smallest absolute Gasteiger partial charge is 0.237 e. The Bertz CT molecular complexity index is 567. The zero-order valence-electron chi connectivity index (χ0n) is 13.7. The zero-order chi connectivity index (χ0) is 17.0. The summed E-state index contributed by atoms with van der Waals surface area (Å²) >= 11 is 6.28. The molecule has 1 heterocycles. The zero-order valence-corrected chi connectivity index (χ0v) is 14.4. The highest BCUT2D eigenvalue weighted by molar-refractivity contribution is 6.32. The molecule has 2 rings (SSSR count). The van der Waals surface area contributed by atoms with Gasteiger partial charge in [-0.1, -0.05) is 11.6 Å². The van der Waals surface area contributed by atoms with Crippen LogP contribution in [0.4, 0.5) is 0 Å². The lowest BCUT2D eigenvalue weighted by atomic mass is 10.1. The van der Waals surface area contributed by atoms with E-state index in [0.717, 1.165) is 5.56 Å². The van der Waals surface area contributed by atoms with Gasteiger partial charge in [-0.05, 0) is 31.5 Å². The molecule has 1 saturated heterocycles. The third-order valence-electron chi connectivity index (χ3n) is 3.85. The second-order valence-corrected chi connectivity index (χ2v) is 5.84. The number of carbonyl (C=O) groups excluding carboxylic acids is 1. The number of amides is 1. The lowest BCUT2D eigenvalue weighted by Gasteiger charge is -2.38. The van der Waals surface area contributed by atoms with E-state index in [1.54, 1.807) is 7.11 Å². The maximum atomic E-state index is 11.7. The van der Waals surface area contributed by atoms with Gasteiger partial charge in [-0.3, -0.25) is 9.69 Å². The molecule has 0 aliphatic carbocycles. The summed E-state index contributed by atoms with van der Waals surface area (Å²) in [5, 5.41) is 0.477. The van der Waals surface area contributed by atoms with Crippen molar-refractivity contribution in [2.24, 2.45) is 5.73 Å². The van der Waals surface area contributed by atoms with Gasteiger partial charge in [-0.25, -0.2) is 0 Å². The summed E-state index contributed by atoms with van der Waals surface area (Å²) in [5.41, 5.74) is 6.45. The van der Waals surface area contributed by atoms with Gasteiger partial charge in [-0.2, -0.15) is 0 Å². The van der Waals surface area contributed by atoms with Crippen molar-refractivity contribution in [2.75, 3.05) is 26.9 Å². The minimum Gasteiger partial charge on any atom is -0.491 e.